The fraction of sp³-hybridized carbons (Fsp3) is 0.625. The van der Waals surface area contributed by atoms with Crippen molar-refractivity contribution in [2.24, 2.45) is 5.73 Å². The minimum Gasteiger partial charge on any atom is -0.321 e. The third-order valence-electron chi connectivity index (χ3n) is 1.49. The molecule has 0 bridgehead atoms. The highest BCUT2D eigenvalue weighted by Gasteiger charge is 2.16. The van der Waals surface area contributed by atoms with Gasteiger partial charge in [-0.15, -0.1) is 11.3 Å². The van der Waals surface area contributed by atoms with Gasteiger partial charge < -0.3 is 5.73 Å². The monoisotopic (exact) mass is 170 g/mol. The molecule has 2 N–H and O–H groups in total. The normalized spacial score (nSPS) is 12.0. The maximum Gasteiger partial charge on any atom is 0.0925 e. The van der Waals surface area contributed by atoms with Crippen LogP contribution >= 0.6 is 11.3 Å². The lowest BCUT2D eigenvalue weighted by Crippen LogP contribution is -2.27. The van der Waals surface area contributed by atoms with Crippen molar-refractivity contribution in [1.82, 2.24) is 4.98 Å². The maximum atomic E-state index is 5.90. The van der Waals surface area contributed by atoms with Gasteiger partial charge in [0.2, 0.25) is 0 Å². The van der Waals surface area contributed by atoms with Crippen LogP contribution in [-0.4, -0.2) is 4.98 Å². The molecular weight excluding hydrogens is 156 g/mol. The summed E-state index contributed by atoms with van der Waals surface area (Å²) in [5.74, 6) is 0. The van der Waals surface area contributed by atoms with Crippen molar-refractivity contribution < 1.29 is 0 Å². The van der Waals surface area contributed by atoms with Gasteiger partial charge in [-0.05, 0) is 20.3 Å². The number of thiazole rings is 1. The predicted molar refractivity (Wildman–Crippen MR) is 48.7 cm³/mol. The summed E-state index contributed by atoms with van der Waals surface area (Å²) in [6.07, 6.45) is 2.88. The number of aryl methyl sites for hydroxylation is 1. The average molecular weight is 170 g/mol. The largest absolute Gasteiger partial charge is 0.321 e. The molecule has 0 aliphatic rings. The first-order valence-corrected chi connectivity index (χ1v) is 4.59. The van der Waals surface area contributed by atoms with Crippen LogP contribution in [-0.2, 0) is 12.0 Å². The standard InChI is InChI=1S/C8H14N2S/c1-4-7-10-5-6(11-7)8(2,3)9/h5H,4,9H2,1-3H3. The molecule has 0 spiro atoms. The van der Waals surface area contributed by atoms with Crippen LogP contribution in [0.4, 0.5) is 0 Å². The molecule has 0 aliphatic heterocycles. The Kier molecular flexibility index (Phi) is 2.30. The van der Waals surface area contributed by atoms with Crippen molar-refractivity contribution in [3.63, 3.8) is 0 Å². The van der Waals surface area contributed by atoms with Crippen molar-refractivity contribution in [3.05, 3.63) is 16.1 Å². The number of hydrogen-bond donors (Lipinski definition) is 1. The van der Waals surface area contributed by atoms with E-state index in [9.17, 15) is 0 Å². The van der Waals surface area contributed by atoms with Gasteiger partial charge in [0, 0.05) is 16.6 Å². The van der Waals surface area contributed by atoms with Crippen molar-refractivity contribution in [2.75, 3.05) is 0 Å². The Morgan fingerprint density at radius 1 is 1.64 bits per heavy atom. The van der Waals surface area contributed by atoms with Crippen molar-refractivity contribution >= 4 is 11.3 Å². The first-order chi connectivity index (χ1) is 5.04. The Hall–Kier alpha value is -0.410. The highest BCUT2D eigenvalue weighted by Crippen LogP contribution is 2.23. The topological polar surface area (TPSA) is 38.9 Å². The van der Waals surface area contributed by atoms with Crippen LogP contribution in [0.2, 0.25) is 0 Å². The second kappa shape index (κ2) is 2.91. The molecule has 0 saturated heterocycles. The maximum absolute atomic E-state index is 5.90. The molecular formula is C8H14N2S. The molecule has 0 atom stereocenters. The molecule has 1 rings (SSSR count). The van der Waals surface area contributed by atoms with Crippen LogP contribution in [0.5, 0.6) is 0 Å². The van der Waals surface area contributed by atoms with Gasteiger partial charge in [-0.25, -0.2) is 4.98 Å². The molecule has 62 valence electrons. The summed E-state index contributed by atoms with van der Waals surface area (Å²) in [5, 5.41) is 1.17. The average Bonchev–Trinajstić information content (AvgIpc) is 2.32. The number of nitrogens with zero attached hydrogens (tertiary/aromatic N) is 1. The SMILES string of the molecule is CCc1ncc(C(C)(C)N)s1. The minimum absolute atomic E-state index is 0.231. The molecule has 11 heavy (non-hydrogen) atoms. The molecule has 0 aromatic carbocycles. The van der Waals surface area contributed by atoms with Crippen LogP contribution in [0.25, 0.3) is 0 Å². The highest BCUT2D eigenvalue weighted by atomic mass is 32.1. The van der Waals surface area contributed by atoms with Crippen LogP contribution in [0.1, 0.15) is 30.7 Å². The lowest BCUT2D eigenvalue weighted by Gasteiger charge is -2.14. The quantitative estimate of drug-likeness (QED) is 0.736. The van der Waals surface area contributed by atoms with E-state index in [1.807, 2.05) is 20.0 Å². The number of nitrogens with two attached hydrogens (primary N) is 1. The van der Waals surface area contributed by atoms with E-state index in [-0.39, 0.29) is 5.54 Å². The molecule has 0 saturated carbocycles. The summed E-state index contributed by atoms with van der Waals surface area (Å²) in [6, 6.07) is 0. The zero-order valence-electron chi connectivity index (χ0n) is 7.22. The number of rotatable bonds is 2. The van der Waals surface area contributed by atoms with Gasteiger partial charge in [0.05, 0.1) is 5.01 Å². The van der Waals surface area contributed by atoms with E-state index in [1.54, 1.807) is 11.3 Å². The summed E-state index contributed by atoms with van der Waals surface area (Å²) in [7, 11) is 0. The van der Waals surface area contributed by atoms with Crippen LogP contribution in [0, 0.1) is 0 Å². The van der Waals surface area contributed by atoms with Crippen molar-refractivity contribution in [2.45, 2.75) is 32.7 Å². The first kappa shape index (κ1) is 8.68. The van der Waals surface area contributed by atoms with E-state index in [0.29, 0.717) is 0 Å². The van der Waals surface area contributed by atoms with Gasteiger partial charge >= 0.3 is 0 Å². The minimum atomic E-state index is -0.231. The molecule has 1 aromatic heterocycles. The summed E-state index contributed by atoms with van der Waals surface area (Å²) in [5.41, 5.74) is 5.66. The van der Waals surface area contributed by atoms with Crippen LogP contribution in [0.15, 0.2) is 6.20 Å². The summed E-state index contributed by atoms with van der Waals surface area (Å²) in [6.45, 7) is 6.10. The van der Waals surface area contributed by atoms with Gasteiger partial charge in [0.1, 0.15) is 0 Å². The van der Waals surface area contributed by atoms with Crippen LogP contribution < -0.4 is 5.73 Å². The molecule has 0 radical (unpaired) electrons. The second-order valence-corrected chi connectivity index (χ2v) is 4.31. The van der Waals surface area contributed by atoms with E-state index in [4.69, 9.17) is 5.73 Å². The second-order valence-electron chi connectivity index (χ2n) is 3.19. The van der Waals surface area contributed by atoms with E-state index in [2.05, 4.69) is 11.9 Å². The lowest BCUT2D eigenvalue weighted by molar-refractivity contribution is 0.566. The van der Waals surface area contributed by atoms with E-state index < -0.39 is 0 Å². The first-order valence-electron chi connectivity index (χ1n) is 3.78. The van der Waals surface area contributed by atoms with E-state index >= 15 is 0 Å². The van der Waals surface area contributed by atoms with Crippen molar-refractivity contribution in [1.29, 1.82) is 0 Å². The van der Waals surface area contributed by atoms with Gasteiger partial charge in [0.15, 0.2) is 0 Å². The number of hydrogen-bond acceptors (Lipinski definition) is 3. The molecule has 0 amide bonds. The Balaban J connectivity index is 2.89. The smallest absolute Gasteiger partial charge is 0.0925 e. The Morgan fingerprint density at radius 2 is 2.27 bits per heavy atom. The Morgan fingerprint density at radius 3 is 2.55 bits per heavy atom. The zero-order chi connectivity index (χ0) is 8.48. The zero-order valence-corrected chi connectivity index (χ0v) is 8.03. The molecule has 1 aromatic rings. The van der Waals surface area contributed by atoms with Gasteiger partial charge in [-0.1, -0.05) is 6.92 Å². The predicted octanol–water partition coefficient (Wildman–Crippen LogP) is 1.90. The third-order valence-corrected chi connectivity index (χ3v) is 2.97. The Bertz CT molecular complexity index is 234. The molecule has 0 aliphatic carbocycles. The lowest BCUT2D eigenvalue weighted by atomic mass is 10.1. The van der Waals surface area contributed by atoms with Gasteiger partial charge in [-0.3, -0.25) is 0 Å². The van der Waals surface area contributed by atoms with Gasteiger partial charge in [-0.2, -0.15) is 0 Å². The highest BCUT2D eigenvalue weighted by molar-refractivity contribution is 7.11. The molecule has 3 heteroatoms. The third kappa shape index (κ3) is 2.01. The summed E-state index contributed by atoms with van der Waals surface area (Å²) >= 11 is 1.70. The summed E-state index contributed by atoms with van der Waals surface area (Å²) in [4.78, 5) is 5.40. The molecule has 1 heterocycles. The molecule has 0 fully saturated rings. The van der Waals surface area contributed by atoms with E-state index in [0.717, 1.165) is 11.3 Å². The van der Waals surface area contributed by atoms with Crippen LogP contribution in [0.3, 0.4) is 0 Å². The van der Waals surface area contributed by atoms with E-state index in [1.165, 1.54) is 5.01 Å². The molecule has 2 nitrogen and oxygen atoms in total. The molecule has 0 unspecified atom stereocenters. The van der Waals surface area contributed by atoms with Crippen molar-refractivity contribution in [3.8, 4) is 0 Å². The summed E-state index contributed by atoms with van der Waals surface area (Å²) < 4.78 is 0. The Labute approximate surface area is 71.5 Å². The fourth-order valence-electron chi connectivity index (χ4n) is 0.772. The number of aromatic nitrogens is 1. The van der Waals surface area contributed by atoms with Gasteiger partial charge in [0.25, 0.3) is 0 Å². The fourth-order valence-corrected chi connectivity index (χ4v) is 1.64.